The number of anilines is 1. The zero-order valence-corrected chi connectivity index (χ0v) is 11.0. The summed E-state index contributed by atoms with van der Waals surface area (Å²) in [4.78, 5) is 12.0. The number of amides is 1. The lowest BCUT2D eigenvalue weighted by Crippen LogP contribution is -2.15. The molecule has 1 N–H and O–H groups in total. The normalized spacial score (nSPS) is 10.5. The van der Waals surface area contributed by atoms with Gasteiger partial charge in [0.1, 0.15) is 11.4 Å². The van der Waals surface area contributed by atoms with Gasteiger partial charge in [0.15, 0.2) is 5.69 Å². The second-order valence-corrected chi connectivity index (χ2v) is 4.32. The molecule has 1 amide bonds. The van der Waals surface area contributed by atoms with Crippen molar-refractivity contribution in [1.82, 2.24) is 10.3 Å². The van der Waals surface area contributed by atoms with Gasteiger partial charge in [-0.1, -0.05) is 17.3 Å². The van der Waals surface area contributed by atoms with Crippen LogP contribution in [0, 0.1) is 6.92 Å². The molecule has 19 heavy (non-hydrogen) atoms. The highest BCUT2D eigenvalue weighted by Gasteiger charge is 2.16. The van der Waals surface area contributed by atoms with E-state index in [0.717, 1.165) is 0 Å². The fourth-order valence-corrected chi connectivity index (χ4v) is 1.55. The van der Waals surface area contributed by atoms with Gasteiger partial charge in [-0.2, -0.15) is 0 Å². The second-order valence-electron chi connectivity index (χ2n) is 4.32. The number of aryl methyl sites for hydroxylation is 1. The number of carbonyl (C=O) groups excluding carboxylic acids is 1. The van der Waals surface area contributed by atoms with Crippen LogP contribution in [-0.4, -0.2) is 22.3 Å². The predicted molar refractivity (Wildman–Crippen MR) is 69.2 cm³/mol. The molecule has 0 aliphatic carbocycles. The van der Waals surface area contributed by atoms with Crippen LogP contribution in [0.25, 0.3) is 0 Å². The molecule has 0 bridgehead atoms. The summed E-state index contributed by atoms with van der Waals surface area (Å²) >= 11 is 0. The number of nitrogens with one attached hydrogen (secondary N) is 1. The van der Waals surface area contributed by atoms with Crippen LogP contribution < -0.4 is 10.1 Å². The summed E-state index contributed by atoms with van der Waals surface area (Å²) in [7, 11) is 0. The first-order valence-electron chi connectivity index (χ1n) is 5.94. The number of aromatic nitrogens is 2. The van der Waals surface area contributed by atoms with Gasteiger partial charge in [-0.3, -0.25) is 4.79 Å². The van der Waals surface area contributed by atoms with E-state index < -0.39 is 0 Å². The molecule has 0 aliphatic rings. The molecule has 0 unspecified atom stereocenters. The van der Waals surface area contributed by atoms with Crippen LogP contribution in [0.2, 0.25) is 0 Å². The van der Waals surface area contributed by atoms with Crippen molar-refractivity contribution in [2.45, 2.75) is 26.9 Å². The van der Waals surface area contributed by atoms with Crippen molar-refractivity contribution >= 4 is 11.6 Å². The molecule has 0 fully saturated rings. The molecule has 1 heterocycles. The van der Waals surface area contributed by atoms with Gasteiger partial charge in [0.2, 0.25) is 0 Å². The summed E-state index contributed by atoms with van der Waals surface area (Å²) in [5, 5.41) is 9.87. The third-order valence-corrected chi connectivity index (χ3v) is 2.37. The van der Waals surface area contributed by atoms with Crippen LogP contribution in [0.1, 0.15) is 30.0 Å². The third kappa shape index (κ3) is 3.09. The summed E-state index contributed by atoms with van der Waals surface area (Å²) in [6.45, 7) is 5.50. The molecule has 6 heteroatoms. The van der Waals surface area contributed by atoms with E-state index >= 15 is 0 Å². The molecular formula is C13H15N3O3. The van der Waals surface area contributed by atoms with Crippen LogP contribution in [0.4, 0.5) is 5.69 Å². The molecule has 0 atom stereocenters. The summed E-state index contributed by atoms with van der Waals surface area (Å²) in [6.07, 6.45) is 0.0218. The fourth-order valence-electron chi connectivity index (χ4n) is 1.55. The lowest BCUT2D eigenvalue weighted by Gasteiger charge is -2.14. The molecular weight excluding hydrogens is 246 g/mol. The molecule has 2 rings (SSSR count). The molecule has 0 saturated heterocycles. The molecule has 6 nitrogen and oxygen atoms in total. The number of ether oxygens (including phenoxy) is 1. The number of hydrogen-bond donors (Lipinski definition) is 1. The minimum Gasteiger partial charge on any atom is -0.489 e. The number of benzene rings is 1. The van der Waals surface area contributed by atoms with Crippen molar-refractivity contribution in [1.29, 1.82) is 0 Å². The van der Waals surface area contributed by atoms with Gasteiger partial charge in [-0.15, -0.1) is 0 Å². The van der Waals surface area contributed by atoms with Gasteiger partial charge in [0.25, 0.3) is 5.91 Å². The highest BCUT2D eigenvalue weighted by atomic mass is 16.6. The first-order valence-corrected chi connectivity index (χ1v) is 5.94. The zero-order chi connectivity index (χ0) is 13.8. The van der Waals surface area contributed by atoms with E-state index in [4.69, 9.17) is 4.74 Å². The van der Waals surface area contributed by atoms with E-state index in [2.05, 4.69) is 20.3 Å². The number of rotatable bonds is 4. The summed E-state index contributed by atoms with van der Waals surface area (Å²) in [5.41, 5.74) is 1.20. The van der Waals surface area contributed by atoms with E-state index in [1.165, 1.54) is 0 Å². The molecule has 0 saturated carbocycles. The molecule has 2 aromatic rings. The summed E-state index contributed by atoms with van der Waals surface area (Å²) in [6, 6.07) is 7.22. The van der Waals surface area contributed by atoms with Gasteiger partial charge in [0, 0.05) is 0 Å². The fraction of sp³-hybridized carbons (Fsp3) is 0.308. The lowest BCUT2D eigenvalue weighted by molar-refractivity contribution is 0.101. The third-order valence-electron chi connectivity index (χ3n) is 2.37. The van der Waals surface area contributed by atoms with Crippen molar-refractivity contribution < 1.29 is 14.2 Å². The van der Waals surface area contributed by atoms with Crippen LogP contribution >= 0.6 is 0 Å². The van der Waals surface area contributed by atoms with Crippen molar-refractivity contribution in [3.8, 4) is 5.75 Å². The Balaban J connectivity index is 2.19. The summed E-state index contributed by atoms with van der Waals surface area (Å²) < 4.78 is 10.1. The first-order chi connectivity index (χ1) is 9.08. The Bertz CT molecular complexity index is 578. The Morgan fingerprint density at radius 2 is 2.05 bits per heavy atom. The van der Waals surface area contributed by atoms with Crippen molar-refractivity contribution in [2.24, 2.45) is 0 Å². The Morgan fingerprint density at radius 1 is 1.32 bits per heavy atom. The molecule has 1 aromatic heterocycles. The first kappa shape index (κ1) is 13.1. The second kappa shape index (κ2) is 5.51. The van der Waals surface area contributed by atoms with E-state index in [0.29, 0.717) is 17.1 Å². The zero-order valence-electron chi connectivity index (χ0n) is 11.0. The number of para-hydroxylation sites is 2. The minimum atomic E-state index is -0.376. The standard InChI is InChI=1S/C13H15N3O3/c1-8(2)18-11-7-5-4-6-10(11)14-13(17)12-9(3)15-19-16-12/h4-8H,1-3H3,(H,14,17). The van der Waals surface area contributed by atoms with E-state index in [1.807, 2.05) is 26.0 Å². The predicted octanol–water partition coefficient (Wildman–Crippen LogP) is 2.42. The number of nitrogens with zero attached hydrogens (tertiary/aromatic N) is 2. The Hall–Kier alpha value is -2.37. The SMILES string of the molecule is Cc1nonc1C(=O)Nc1ccccc1OC(C)C. The minimum absolute atomic E-state index is 0.0218. The highest BCUT2D eigenvalue weighted by Crippen LogP contribution is 2.25. The Labute approximate surface area is 110 Å². The van der Waals surface area contributed by atoms with Crippen LogP contribution in [0.5, 0.6) is 5.75 Å². The molecule has 1 aromatic carbocycles. The maximum atomic E-state index is 12.0. The topological polar surface area (TPSA) is 77.2 Å². The average Bonchev–Trinajstić information content (AvgIpc) is 2.77. The quantitative estimate of drug-likeness (QED) is 0.914. The monoisotopic (exact) mass is 261 g/mol. The maximum Gasteiger partial charge on any atom is 0.279 e. The van der Waals surface area contributed by atoms with Crippen molar-refractivity contribution in [2.75, 3.05) is 5.32 Å². The van der Waals surface area contributed by atoms with Crippen LogP contribution in [0.15, 0.2) is 28.9 Å². The van der Waals surface area contributed by atoms with Crippen LogP contribution in [0.3, 0.4) is 0 Å². The van der Waals surface area contributed by atoms with Gasteiger partial charge in [0.05, 0.1) is 11.8 Å². The van der Waals surface area contributed by atoms with Gasteiger partial charge < -0.3 is 10.1 Å². The summed E-state index contributed by atoms with van der Waals surface area (Å²) in [5.74, 6) is 0.235. The van der Waals surface area contributed by atoms with Gasteiger partial charge in [-0.05, 0) is 38.1 Å². The van der Waals surface area contributed by atoms with E-state index in [-0.39, 0.29) is 17.7 Å². The maximum absolute atomic E-state index is 12.0. The lowest BCUT2D eigenvalue weighted by atomic mass is 10.2. The number of carbonyl (C=O) groups is 1. The highest BCUT2D eigenvalue weighted by molar-refractivity contribution is 6.04. The Kier molecular flexibility index (Phi) is 3.79. The van der Waals surface area contributed by atoms with Crippen molar-refractivity contribution in [3.05, 3.63) is 35.7 Å². The molecule has 0 spiro atoms. The Morgan fingerprint density at radius 3 is 2.68 bits per heavy atom. The van der Waals surface area contributed by atoms with Gasteiger partial charge in [-0.25, -0.2) is 4.63 Å². The molecule has 100 valence electrons. The average molecular weight is 261 g/mol. The molecule has 0 radical (unpaired) electrons. The van der Waals surface area contributed by atoms with Gasteiger partial charge >= 0.3 is 0 Å². The molecule has 0 aliphatic heterocycles. The van der Waals surface area contributed by atoms with Crippen molar-refractivity contribution in [3.63, 3.8) is 0 Å². The van der Waals surface area contributed by atoms with E-state index in [9.17, 15) is 4.79 Å². The van der Waals surface area contributed by atoms with E-state index in [1.54, 1.807) is 19.1 Å². The van der Waals surface area contributed by atoms with Crippen LogP contribution in [-0.2, 0) is 0 Å². The smallest absolute Gasteiger partial charge is 0.279 e. The largest absolute Gasteiger partial charge is 0.489 e. The number of hydrogen-bond acceptors (Lipinski definition) is 5.